The Morgan fingerprint density at radius 2 is 2.35 bits per heavy atom. The molecule has 0 unspecified atom stereocenters. The summed E-state index contributed by atoms with van der Waals surface area (Å²) in [7, 11) is 0. The Kier molecular flexibility index (Phi) is 3.56. The predicted octanol–water partition coefficient (Wildman–Crippen LogP) is 3.07. The molecule has 2 aromatic rings. The first-order valence-electron chi connectivity index (χ1n) is 6.46. The lowest BCUT2D eigenvalue weighted by molar-refractivity contribution is 0.966. The Morgan fingerprint density at radius 3 is 3.10 bits per heavy atom. The Hall–Kier alpha value is -2.08. The lowest BCUT2D eigenvalue weighted by Gasteiger charge is -2.07. The second kappa shape index (κ2) is 5.50. The van der Waals surface area contributed by atoms with Crippen molar-refractivity contribution in [3.8, 4) is 0 Å². The van der Waals surface area contributed by atoms with E-state index in [0.717, 1.165) is 5.69 Å². The van der Waals surface area contributed by atoms with Crippen LogP contribution in [0.15, 0.2) is 24.9 Å². The van der Waals surface area contributed by atoms with E-state index >= 15 is 0 Å². The van der Waals surface area contributed by atoms with Crippen LogP contribution in [0.1, 0.15) is 24.5 Å². The van der Waals surface area contributed by atoms with Crippen LogP contribution in [-0.4, -0.2) is 26.7 Å². The Labute approximate surface area is 121 Å². The molecule has 104 valence electrons. The largest absolute Gasteiger partial charge is 0.351 e. The number of anilines is 3. The number of aromatic nitrogens is 4. The van der Waals surface area contributed by atoms with Crippen LogP contribution in [0.5, 0.6) is 0 Å². The molecule has 3 rings (SSSR count). The molecule has 1 aliphatic rings. The van der Waals surface area contributed by atoms with Gasteiger partial charge in [-0.15, -0.1) is 6.58 Å². The number of hydrogen-bond donors (Lipinski definition) is 3. The molecule has 0 saturated heterocycles. The molecule has 0 aliphatic heterocycles. The molecule has 1 saturated carbocycles. The first-order chi connectivity index (χ1) is 9.76. The van der Waals surface area contributed by atoms with E-state index < -0.39 is 0 Å². The third-order valence-corrected chi connectivity index (χ3v) is 3.29. The smallest absolute Gasteiger partial charge is 0.224 e. The van der Waals surface area contributed by atoms with Gasteiger partial charge in [-0.25, -0.2) is 4.98 Å². The van der Waals surface area contributed by atoms with E-state index in [2.05, 4.69) is 37.4 Å². The maximum absolute atomic E-state index is 6.09. The summed E-state index contributed by atoms with van der Waals surface area (Å²) >= 11 is 6.09. The number of H-pyrrole nitrogens is 1. The van der Waals surface area contributed by atoms with E-state index in [-0.39, 0.29) is 0 Å². The third kappa shape index (κ3) is 2.91. The lowest BCUT2D eigenvalue weighted by atomic mass is 10.3. The zero-order valence-electron chi connectivity index (χ0n) is 10.9. The van der Waals surface area contributed by atoms with Gasteiger partial charge in [-0.2, -0.15) is 10.1 Å². The van der Waals surface area contributed by atoms with E-state index in [1.54, 1.807) is 12.3 Å². The standard InChI is InChI=1S/C13H15ClN6/c1-2-5-15-13-16-7-9(14)12(18-13)17-11-6-10(19-20-11)8-3-4-8/h2,6-8H,1,3-5H2,(H3,15,16,17,18,19,20). The maximum atomic E-state index is 6.09. The molecule has 6 nitrogen and oxygen atoms in total. The Morgan fingerprint density at radius 1 is 1.50 bits per heavy atom. The summed E-state index contributed by atoms with van der Waals surface area (Å²) in [5.41, 5.74) is 1.16. The van der Waals surface area contributed by atoms with Crippen molar-refractivity contribution in [2.75, 3.05) is 17.2 Å². The topological polar surface area (TPSA) is 78.5 Å². The summed E-state index contributed by atoms with van der Waals surface area (Å²) in [6.45, 7) is 4.23. The van der Waals surface area contributed by atoms with Gasteiger partial charge in [0.05, 0.1) is 6.20 Å². The molecule has 0 bridgehead atoms. The number of rotatable bonds is 6. The summed E-state index contributed by atoms with van der Waals surface area (Å²) in [6.07, 6.45) is 5.74. The average Bonchev–Trinajstić information content (AvgIpc) is 3.20. The molecule has 0 spiro atoms. The minimum absolute atomic E-state index is 0.449. The third-order valence-electron chi connectivity index (χ3n) is 3.01. The van der Waals surface area contributed by atoms with Crippen molar-refractivity contribution in [2.45, 2.75) is 18.8 Å². The molecule has 0 radical (unpaired) electrons. The van der Waals surface area contributed by atoms with Crippen LogP contribution in [-0.2, 0) is 0 Å². The Bertz CT molecular complexity index is 619. The molecule has 1 aliphatic carbocycles. The fraction of sp³-hybridized carbons (Fsp3) is 0.308. The van der Waals surface area contributed by atoms with Crippen molar-refractivity contribution in [3.63, 3.8) is 0 Å². The molecule has 2 aromatic heterocycles. The minimum atomic E-state index is 0.449. The molecule has 0 amide bonds. The van der Waals surface area contributed by atoms with Crippen molar-refractivity contribution >= 4 is 29.2 Å². The van der Waals surface area contributed by atoms with Gasteiger partial charge in [0.2, 0.25) is 5.95 Å². The molecule has 0 aromatic carbocycles. The highest BCUT2D eigenvalue weighted by Crippen LogP contribution is 2.39. The second-order valence-corrected chi connectivity index (χ2v) is 5.07. The number of hydrogen-bond acceptors (Lipinski definition) is 5. The normalized spacial score (nSPS) is 14.1. The average molecular weight is 291 g/mol. The van der Waals surface area contributed by atoms with Gasteiger partial charge in [-0.05, 0) is 12.8 Å². The monoisotopic (exact) mass is 290 g/mol. The van der Waals surface area contributed by atoms with Gasteiger partial charge in [0, 0.05) is 24.2 Å². The van der Waals surface area contributed by atoms with Gasteiger partial charge >= 0.3 is 0 Å². The molecule has 0 atom stereocenters. The zero-order valence-corrected chi connectivity index (χ0v) is 11.6. The number of halogens is 1. The molecule has 3 N–H and O–H groups in total. The summed E-state index contributed by atoms with van der Waals surface area (Å²) in [4.78, 5) is 8.40. The van der Waals surface area contributed by atoms with E-state index in [0.29, 0.717) is 35.1 Å². The van der Waals surface area contributed by atoms with Crippen molar-refractivity contribution in [1.29, 1.82) is 0 Å². The predicted molar refractivity (Wildman–Crippen MR) is 79.6 cm³/mol. The summed E-state index contributed by atoms with van der Waals surface area (Å²) in [5.74, 6) is 2.36. The van der Waals surface area contributed by atoms with Crippen molar-refractivity contribution in [3.05, 3.63) is 35.6 Å². The molecule has 1 fully saturated rings. The molecular formula is C13H15ClN6. The first-order valence-corrected chi connectivity index (χ1v) is 6.83. The van der Waals surface area contributed by atoms with Crippen LogP contribution < -0.4 is 10.6 Å². The summed E-state index contributed by atoms with van der Waals surface area (Å²) in [6, 6.07) is 1.99. The van der Waals surface area contributed by atoms with E-state index in [4.69, 9.17) is 11.6 Å². The van der Waals surface area contributed by atoms with Gasteiger partial charge in [0.1, 0.15) is 5.02 Å². The molecular weight excluding hydrogens is 276 g/mol. The van der Waals surface area contributed by atoms with E-state index in [9.17, 15) is 0 Å². The number of nitrogens with one attached hydrogen (secondary N) is 3. The summed E-state index contributed by atoms with van der Waals surface area (Å²) in [5, 5.41) is 13.8. The van der Waals surface area contributed by atoms with Gasteiger partial charge in [0.15, 0.2) is 11.6 Å². The highest BCUT2D eigenvalue weighted by atomic mass is 35.5. The fourth-order valence-corrected chi connectivity index (χ4v) is 1.97. The van der Waals surface area contributed by atoms with Crippen LogP contribution in [0.4, 0.5) is 17.6 Å². The Balaban J connectivity index is 1.75. The van der Waals surface area contributed by atoms with Crippen LogP contribution in [0.3, 0.4) is 0 Å². The number of nitrogens with zero attached hydrogens (tertiary/aromatic N) is 3. The van der Waals surface area contributed by atoms with Gasteiger partial charge in [0.25, 0.3) is 0 Å². The first kappa shape index (κ1) is 12.9. The molecule has 2 heterocycles. The van der Waals surface area contributed by atoms with Crippen molar-refractivity contribution < 1.29 is 0 Å². The highest BCUT2D eigenvalue weighted by molar-refractivity contribution is 6.32. The lowest BCUT2D eigenvalue weighted by Crippen LogP contribution is -2.05. The van der Waals surface area contributed by atoms with Crippen molar-refractivity contribution in [2.24, 2.45) is 0 Å². The van der Waals surface area contributed by atoms with Crippen LogP contribution in [0, 0.1) is 0 Å². The van der Waals surface area contributed by atoms with E-state index in [1.807, 2.05) is 6.07 Å². The van der Waals surface area contributed by atoms with Crippen molar-refractivity contribution in [1.82, 2.24) is 20.2 Å². The SMILES string of the molecule is C=CCNc1ncc(Cl)c(Nc2cc(C3CC3)[nH]n2)n1. The fourth-order valence-electron chi connectivity index (χ4n) is 1.83. The van der Waals surface area contributed by atoms with Gasteiger partial charge in [-0.3, -0.25) is 5.10 Å². The van der Waals surface area contributed by atoms with Crippen LogP contribution >= 0.6 is 11.6 Å². The highest BCUT2D eigenvalue weighted by Gasteiger charge is 2.25. The van der Waals surface area contributed by atoms with Crippen LogP contribution in [0.2, 0.25) is 5.02 Å². The second-order valence-electron chi connectivity index (χ2n) is 4.67. The summed E-state index contributed by atoms with van der Waals surface area (Å²) < 4.78 is 0. The number of aromatic amines is 1. The minimum Gasteiger partial charge on any atom is -0.351 e. The zero-order chi connectivity index (χ0) is 13.9. The molecule has 20 heavy (non-hydrogen) atoms. The van der Waals surface area contributed by atoms with Crippen LogP contribution in [0.25, 0.3) is 0 Å². The maximum Gasteiger partial charge on any atom is 0.224 e. The molecule has 7 heteroatoms. The van der Waals surface area contributed by atoms with Gasteiger partial charge in [-0.1, -0.05) is 17.7 Å². The quantitative estimate of drug-likeness (QED) is 0.713. The van der Waals surface area contributed by atoms with E-state index in [1.165, 1.54) is 12.8 Å². The van der Waals surface area contributed by atoms with Gasteiger partial charge < -0.3 is 10.6 Å².